The summed E-state index contributed by atoms with van der Waals surface area (Å²) in [5, 5.41) is 10.6. The summed E-state index contributed by atoms with van der Waals surface area (Å²) in [6.45, 7) is 3.71. The number of carbonyl (C=O) groups is 1. The molecule has 4 nitrogen and oxygen atoms in total. The molecule has 0 fully saturated rings. The zero-order valence-electron chi connectivity index (χ0n) is 8.61. The molecule has 0 spiro atoms. The number of nitrogens with one attached hydrogen (secondary N) is 1. The van der Waals surface area contributed by atoms with E-state index in [-0.39, 0.29) is 5.91 Å². The molecule has 76 valence electrons. The number of benzene rings is 1. The van der Waals surface area contributed by atoms with Gasteiger partial charge < -0.3 is 5.32 Å². The third-order valence-electron chi connectivity index (χ3n) is 2.01. The van der Waals surface area contributed by atoms with Crippen molar-refractivity contribution < 1.29 is 4.79 Å². The number of amidine groups is 1. The van der Waals surface area contributed by atoms with Crippen LogP contribution in [0.5, 0.6) is 0 Å². The van der Waals surface area contributed by atoms with Crippen LogP contribution in [0.3, 0.4) is 0 Å². The average molecular weight is 201 g/mol. The average Bonchev–Trinajstić information content (AvgIpc) is 2.54. The molecule has 0 bridgehead atoms. The van der Waals surface area contributed by atoms with Crippen LogP contribution >= 0.6 is 0 Å². The highest BCUT2D eigenvalue weighted by Gasteiger charge is 2.23. The molecule has 1 amide bonds. The molecule has 15 heavy (non-hydrogen) atoms. The molecule has 1 aromatic carbocycles. The van der Waals surface area contributed by atoms with Gasteiger partial charge in [0.2, 0.25) is 0 Å². The smallest absolute Gasteiger partial charge is 0.257 e. The Labute approximate surface area is 87.7 Å². The number of amides is 1. The number of hydrogen-bond donors (Lipinski definition) is 1. The van der Waals surface area contributed by atoms with Crippen LogP contribution in [0, 0.1) is 0 Å². The Bertz CT molecular complexity index is 470. The van der Waals surface area contributed by atoms with Crippen molar-refractivity contribution in [1.82, 2.24) is 5.32 Å². The maximum Gasteiger partial charge on any atom is 0.257 e. The summed E-state index contributed by atoms with van der Waals surface area (Å²) in [5.41, 5.74) is 2.31. The van der Waals surface area contributed by atoms with Crippen molar-refractivity contribution in [1.29, 1.82) is 0 Å². The largest absolute Gasteiger partial charge is 0.305 e. The van der Waals surface area contributed by atoms with Gasteiger partial charge in [0, 0.05) is 11.3 Å². The van der Waals surface area contributed by atoms with Crippen molar-refractivity contribution >= 4 is 17.5 Å². The van der Waals surface area contributed by atoms with Crippen LogP contribution in [-0.2, 0) is 0 Å². The van der Waals surface area contributed by atoms with E-state index in [4.69, 9.17) is 0 Å². The molecule has 1 aliphatic heterocycles. The third kappa shape index (κ3) is 1.79. The number of fused-ring (bicyclic) bond motifs is 1. The van der Waals surface area contributed by atoms with E-state index >= 15 is 0 Å². The molecule has 1 aromatic rings. The highest BCUT2D eigenvalue weighted by Crippen LogP contribution is 2.15. The molecule has 1 heterocycles. The maximum absolute atomic E-state index is 11.5. The molecule has 0 atom stereocenters. The van der Waals surface area contributed by atoms with Crippen molar-refractivity contribution in [3.05, 3.63) is 35.4 Å². The van der Waals surface area contributed by atoms with Gasteiger partial charge in [0.1, 0.15) is 0 Å². The normalized spacial score (nSPS) is 16.1. The fraction of sp³-hybridized carbons (Fsp3) is 0.182. The predicted octanol–water partition coefficient (Wildman–Crippen LogP) is 1.57. The highest BCUT2D eigenvalue weighted by molar-refractivity contribution is 6.23. The second-order valence-corrected chi connectivity index (χ2v) is 3.50. The Kier molecular flexibility index (Phi) is 2.33. The van der Waals surface area contributed by atoms with Gasteiger partial charge in [-0.3, -0.25) is 4.79 Å². The molecule has 0 aliphatic carbocycles. The first-order valence-electron chi connectivity index (χ1n) is 4.68. The first-order valence-corrected chi connectivity index (χ1v) is 4.68. The zero-order valence-corrected chi connectivity index (χ0v) is 8.61. The minimum absolute atomic E-state index is 0.117. The minimum atomic E-state index is -0.117. The molecule has 2 rings (SSSR count). The van der Waals surface area contributed by atoms with Crippen molar-refractivity contribution in [2.45, 2.75) is 13.8 Å². The Morgan fingerprint density at radius 3 is 2.53 bits per heavy atom. The van der Waals surface area contributed by atoms with E-state index in [0.717, 1.165) is 11.3 Å². The lowest BCUT2D eigenvalue weighted by molar-refractivity contribution is 0.0983. The van der Waals surface area contributed by atoms with Gasteiger partial charge in [-0.05, 0) is 19.9 Å². The number of hydrogen-bond acceptors (Lipinski definition) is 3. The summed E-state index contributed by atoms with van der Waals surface area (Å²) >= 11 is 0. The predicted molar refractivity (Wildman–Crippen MR) is 59.2 cm³/mol. The van der Waals surface area contributed by atoms with Gasteiger partial charge in [-0.25, -0.2) is 0 Å². The van der Waals surface area contributed by atoms with Crippen molar-refractivity contribution in [2.75, 3.05) is 0 Å². The lowest BCUT2D eigenvalue weighted by Gasteiger charge is -1.94. The van der Waals surface area contributed by atoms with Crippen LogP contribution in [0.15, 0.2) is 34.5 Å². The Morgan fingerprint density at radius 1 is 1.20 bits per heavy atom. The lowest BCUT2D eigenvalue weighted by atomic mass is 10.1. The van der Waals surface area contributed by atoms with Gasteiger partial charge in [0.15, 0.2) is 5.84 Å². The van der Waals surface area contributed by atoms with Crippen LogP contribution in [0.2, 0.25) is 0 Å². The maximum atomic E-state index is 11.5. The summed E-state index contributed by atoms with van der Waals surface area (Å²) in [4.78, 5) is 11.5. The van der Waals surface area contributed by atoms with Crippen LogP contribution < -0.4 is 5.32 Å². The first kappa shape index (κ1) is 9.58. The van der Waals surface area contributed by atoms with Crippen molar-refractivity contribution in [3.63, 3.8) is 0 Å². The second kappa shape index (κ2) is 3.65. The van der Waals surface area contributed by atoms with Crippen LogP contribution in [0.4, 0.5) is 0 Å². The quantitative estimate of drug-likeness (QED) is 0.544. The molecule has 0 aromatic heterocycles. The summed E-state index contributed by atoms with van der Waals surface area (Å²) < 4.78 is 0. The Balaban J connectivity index is 2.45. The summed E-state index contributed by atoms with van der Waals surface area (Å²) in [7, 11) is 0. The van der Waals surface area contributed by atoms with Crippen molar-refractivity contribution in [2.24, 2.45) is 10.2 Å². The Morgan fingerprint density at radius 2 is 1.87 bits per heavy atom. The molecule has 0 saturated heterocycles. The number of carbonyl (C=O) groups excluding carboxylic acids is 1. The molecule has 0 saturated carbocycles. The molecule has 4 heteroatoms. The second-order valence-electron chi connectivity index (χ2n) is 3.50. The van der Waals surface area contributed by atoms with E-state index in [0.29, 0.717) is 11.4 Å². The monoisotopic (exact) mass is 201 g/mol. The standard InChI is InChI=1S/C11H11N3O/c1-7(2)13-14-10-8-5-3-4-6-9(8)11(15)12-10/h3-6H,1-2H3,(H,12,14,15). The van der Waals surface area contributed by atoms with Gasteiger partial charge >= 0.3 is 0 Å². The zero-order chi connectivity index (χ0) is 10.8. The third-order valence-corrected chi connectivity index (χ3v) is 2.01. The Hall–Kier alpha value is -1.97. The fourth-order valence-electron chi connectivity index (χ4n) is 1.36. The highest BCUT2D eigenvalue weighted by atomic mass is 16.2. The van der Waals surface area contributed by atoms with Crippen LogP contribution in [-0.4, -0.2) is 17.5 Å². The van der Waals surface area contributed by atoms with E-state index in [1.807, 2.05) is 32.0 Å². The summed E-state index contributed by atoms with van der Waals surface area (Å²) in [6.07, 6.45) is 0. The molecular weight excluding hydrogens is 190 g/mol. The van der Waals surface area contributed by atoms with Gasteiger partial charge in [0.05, 0.1) is 5.56 Å². The number of nitrogens with zero attached hydrogens (tertiary/aromatic N) is 2. The molecule has 0 radical (unpaired) electrons. The van der Waals surface area contributed by atoms with E-state index in [1.165, 1.54) is 0 Å². The van der Waals surface area contributed by atoms with Crippen LogP contribution in [0.25, 0.3) is 0 Å². The lowest BCUT2D eigenvalue weighted by Crippen LogP contribution is -2.21. The van der Waals surface area contributed by atoms with E-state index in [9.17, 15) is 4.79 Å². The topological polar surface area (TPSA) is 53.8 Å². The minimum Gasteiger partial charge on any atom is -0.305 e. The van der Waals surface area contributed by atoms with E-state index in [1.54, 1.807) is 6.07 Å². The van der Waals surface area contributed by atoms with Gasteiger partial charge in [-0.2, -0.15) is 5.10 Å². The summed E-state index contributed by atoms with van der Waals surface area (Å²) in [5.74, 6) is 0.408. The molecule has 0 unspecified atom stereocenters. The molecule has 1 N–H and O–H groups in total. The van der Waals surface area contributed by atoms with Crippen molar-refractivity contribution in [3.8, 4) is 0 Å². The molecular formula is C11H11N3O. The SMILES string of the molecule is CC(C)=N/N=C1\NC(=O)c2ccccc21. The van der Waals surface area contributed by atoms with Crippen LogP contribution in [0.1, 0.15) is 29.8 Å². The fourth-order valence-corrected chi connectivity index (χ4v) is 1.36. The van der Waals surface area contributed by atoms with Gasteiger partial charge in [-0.15, -0.1) is 5.10 Å². The van der Waals surface area contributed by atoms with E-state index < -0.39 is 0 Å². The molecule has 1 aliphatic rings. The first-order chi connectivity index (χ1) is 7.18. The van der Waals surface area contributed by atoms with E-state index in [2.05, 4.69) is 15.5 Å². The summed E-state index contributed by atoms with van der Waals surface area (Å²) in [6, 6.07) is 7.33. The van der Waals surface area contributed by atoms with Gasteiger partial charge in [0.25, 0.3) is 5.91 Å². The van der Waals surface area contributed by atoms with Gasteiger partial charge in [-0.1, -0.05) is 18.2 Å². The number of rotatable bonds is 1.